The lowest BCUT2D eigenvalue weighted by Gasteiger charge is -2.41. The molecule has 5 rings (SSSR count). The average molecular weight is 504 g/mol. The molecule has 1 unspecified atom stereocenters. The van der Waals surface area contributed by atoms with Crippen LogP contribution in [0.5, 0.6) is 0 Å². The average Bonchev–Trinajstić information content (AvgIpc) is 3.55. The van der Waals surface area contributed by atoms with E-state index in [-0.39, 0.29) is 23.7 Å². The Hall–Kier alpha value is -3.29. The van der Waals surface area contributed by atoms with Gasteiger partial charge in [0, 0.05) is 35.6 Å². The first-order chi connectivity index (χ1) is 17.8. The lowest BCUT2D eigenvalue weighted by molar-refractivity contribution is -0.167. The summed E-state index contributed by atoms with van der Waals surface area (Å²) in [5, 5.41) is 15.7. The zero-order chi connectivity index (χ0) is 26.2. The summed E-state index contributed by atoms with van der Waals surface area (Å²) in [6, 6.07) is 6.27. The molecule has 1 N–H and O–H groups in total. The molecule has 37 heavy (non-hydrogen) atoms. The summed E-state index contributed by atoms with van der Waals surface area (Å²) >= 11 is 0. The minimum atomic E-state index is -0.690. The minimum Gasteiger partial charge on any atom is -0.512 e. The third-order valence-electron chi connectivity index (χ3n) is 8.01. The zero-order valence-electron chi connectivity index (χ0n) is 22.4. The van der Waals surface area contributed by atoms with Crippen molar-refractivity contribution in [3.63, 3.8) is 0 Å². The molecular weight excluding hydrogens is 466 g/mol. The van der Waals surface area contributed by atoms with Gasteiger partial charge in [0.05, 0.1) is 5.57 Å². The van der Waals surface area contributed by atoms with E-state index in [0.717, 1.165) is 67.7 Å². The van der Waals surface area contributed by atoms with E-state index in [1.807, 2.05) is 19.9 Å². The third-order valence-corrected chi connectivity index (χ3v) is 8.01. The van der Waals surface area contributed by atoms with Gasteiger partial charge in [0.2, 0.25) is 0 Å². The number of pyridine rings is 1. The molecule has 3 aromatic heterocycles. The first-order valence-corrected chi connectivity index (χ1v) is 13.6. The van der Waals surface area contributed by atoms with E-state index >= 15 is 0 Å². The summed E-state index contributed by atoms with van der Waals surface area (Å²) in [4.78, 5) is 27.0. The number of aliphatic hydroxyl groups excluding tert-OH is 1. The Balaban J connectivity index is 1.41. The lowest BCUT2D eigenvalue weighted by Crippen LogP contribution is -2.46. The quantitative estimate of drug-likeness (QED) is 0.425. The molecule has 8 heteroatoms. The maximum Gasteiger partial charge on any atom is 0.338 e. The number of aromatic nitrogens is 5. The van der Waals surface area contributed by atoms with Crippen molar-refractivity contribution in [1.29, 1.82) is 0 Å². The van der Waals surface area contributed by atoms with Crippen molar-refractivity contribution in [2.75, 3.05) is 0 Å². The molecule has 0 bridgehead atoms. The molecule has 1 fully saturated rings. The molecule has 1 aliphatic carbocycles. The van der Waals surface area contributed by atoms with E-state index in [4.69, 9.17) is 9.72 Å². The second kappa shape index (κ2) is 10.2. The van der Waals surface area contributed by atoms with Crippen LogP contribution in [0.15, 0.2) is 29.5 Å². The number of fused-ring (bicyclic) bond motifs is 1. The highest BCUT2D eigenvalue weighted by Gasteiger charge is 2.48. The van der Waals surface area contributed by atoms with Gasteiger partial charge >= 0.3 is 5.97 Å². The van der Waals surface area contributed by atoms with Crippen molar-refractivity contribution >= 4 is 11.7 Å². The molecule has 0 saturated heterocycles. The van der Waals surface area contributed by atoms with Crippen molar-refractivity contribution < 1.29 is 14.6 Å². The Morgan fingerprint density at radius 2 is 1.76 bits per heavy atom. The molecule has 1 saturated carbocycles. The molecule has 8 nitrogen and oxygen atoms in total. The summed E-state index contributed by atoms with van der Waals surface area (Å²) in [7, 11) is 0. The van der Waals surface area contributed by atoms with Gasteiger partial charge < -0.3 is 9.84 Å². The number of aryl methyl sites for hydroxylation is 5. The Bertz CT molecular complexity index is 1330. The van der Waals surface area contributed by atoms with Crippen molar-refractivity contribution in [1.82, 2.24) is 24.6 Å². The van der Waals surface area contributed by atoms with Crippen LogP contribution in [0.25, 0.3) is 5.78 Å². The van der Waals surface area contributed by atoms with Gasteiger partial charge in [-0.1, -0.05) is 26.7 Å². The van der Waals surface area contributed by atoms with Crippen LogP contribution < -0.4 is 0 Å². The monoisotopic (exact) mass is 503 g/mol. The number of cyclic esters (lactones) is 1. The molecule has 196 valence electrons. The Morgan fingerprint density at radius 3 is 2.41 bits per heavy atom. The maximum absolute atomic E-state index is 13.4. The van der Waals surface area contributed by atoms with Gasteiger partial charge in [-0.05, 0) is 82.1 Å². The third kappa shape index (κ3) is 5.11. The summed E-state index contributed by atoms with van der Waals surface area (Å²) in [5.41, 5.74) is 4.74. The Labute approximate surface area is 218 Å². The van der Waals surface area contributed by atoms with Gasteiger partial charge in [-0.3, -0.25) is 4.98 Å². The highest BCUT2D eigenvalue weighted by molar-refractivity contribution is 5.90. The van der Waals surface area contributed by atoms with E-state index < -0.39 is 11.6 Å². The zero-order valence-corrected chi connectivity index (χ0v) is 22.4. The summed E-state index contributed by atoms with van der Waals surface area (Å²) in [6.07, 6.45) is 8.02. The molecule has 0 radical (unpaired) electrons. The van der Waals surface area contributed by atoms with Gasteiger partial charge in [0.1, 0.15) is 11.4 Å². The second-order valence-electron chi connectivity index (χ2n) is 10.7. The minimum absolute atomic E-state index is 0.112. The van der Waals surface area contributed by atoms with Crippen molar-refractivity contribution in [2.24, 2.45) is 5.92 Å². The highest BCUT2D eigenvalue weighted by atomic mass is 16.6. The first kappa shape index (κ1) is 25.4. The smallest absolute Gasteiger partial charge is 0.338 e. The molecule has 4 heterocycles. The van der Waals surface area contributed by atoms with Crippen LogP contribution in [0.2, 0.25) is 0 Å². The van der Waals surface area contributed by atoms with Crippen molar-refractivity contribution in [3.8, 4) is 0 Å². The van der Waals surface area contributed by atoms with Crippen molar-refractivity contribution in [2.45, 2.75) is 97.5 Å². The number of ether oxygens (including phenoxy) is 1. The maximum atomic E-state index is 13.4. The fourth-order valence-electron chi connectivity index (χ4n) is 6.01. The van der Waals surface area contributed by atoms with Crippen LogP contribution in [-0.4, -0.2) is 41.2 Å². The standard InChI is InChI=1S/C29H37N5O3/c1-5-22-14-20(15-23(6-2)31-22)11-12-29(21-9-7-8-10-21)17-25(35)24(27(36)37-29)16-26-32-28-30-18(3)13-19(4)34(28)33-26/h13-15,21,35H,5-12,16-17H2,1-4H3. The second-order valence-corrected chi connectivity index (χ2v) is 10.7. The lowest BCUT2D eigenvalue weighted by atomic mass is 9.76. The molecular formula is C29H37N5O3. The Morgan fingerprint density at radius 1 is 1.05 bits per heavy atom. The number of hydrogen-bond acceptors (Lipinski definition) is 7. The molecule has 0 amide bonds. The number of aliphatic hydroxyl groups is 1. The molecule has 1 atom stereocenters. The first-order valence-electron chi connectivity index (χ1n) is 13.6. The van der Waals surface area contributed by atoms with Crippen LogP contribution in [0.3, 0.4) is 0 Å². The number of carbonyl (C=O) groups excluding carboxylic acids is 1. The van der Waals surface area contributed by atoms with Gasteiger partial charge in [-0.25, -0.2) is 14.3 Å². The predicted octanol–water partition coefficient (Wildman–Crippen LogP) is 5.12. The van der Waals surface area contributed by atoms with Crippen LogP contribution in [0.4, 0.5) is 0 Å². The molecule has 3 aromatic rings. The number of rotatable bonds is 8. The number of nitrogens with zero attached hydrogens (tertiary/aromatic N) is 5. The fourth-order valence-corrected chi connectivity index (χ4v) is 6.01. The van der Waals surface area contributed by atoms with E-state index in [9.17, 15) is 9.90 Å². The van der Waals surface area contributed by atoms with E-state index in [0.29, 0.717) is 24.4 Å². The van der Waals surface area contributed by atoms with E-state index in [2.05, 4.69) is 41.0 Å². The fraction of sp³-hybridized carbons (Fsp3) is 0.552. The molecule has 1 aliphatic heterocycles. The molecule has 0 spiro atoms. The molecule has 0 aromatic carbocycles. The molecule has 2 aliphatic rings. The SMILES string of the molecule is CCc1cc(CCC2(C3CCCC3)CC(O)=C(Cc3nc4nc(C)cc(C)n4n3)C(=O)O2)cc(CC)n1. The van der Waals surface area contributed by atoms with Gasteiger partial charge in [-0.2, -0.15) is 4.98 Å². The Kier molecular flexibility index (Phi) is 7.01. The van der Waals surface area contributed by atoms with Gasteiger partial charge in [0.25, 0.3) is 5.78 Å². The van der Waals surface area contributed by atoms with Crippen molar-refractivity contribution in [3.05, 3.63) is 63.7 Å². The highest BCUT2D eigenvalue weighted by Crippen LogP contribution is 2.46. The number of hydrogen-bond donors (Lipinski definition) is 1. The normalized spacial score (nSPS) is 20.7. The summed E-state index contributed by atoms with van der Waals surface area (Å²) in [5.74, 6) is 0.854. The number of carbonyl (C=O) groups is 1. The van der Waals surface area contributed by atoms with Crippen LogP contribution in [0.1, 0.15) is 86.5 Å². The predicted molar refractivity (Wildman–Crippen MR) is 140 cm³/mol. The van der Waals surface area contributed by atoms with Crippen LogP contribution >= 0.6 is 0 Å². The largest absolute Gasteiger partial charge is 0.512 e. The van der Waals surface area contributed by atoms with Crippen LogP contribution in [0, 0.1) is 19.8 Å². The topological polar surface area (TPSA) is 102 Å². The summed E-state index contributed by atoms with van der Waals surface area (Å²) in [6.45, 7) is 8.09. The van der Waals surface area contributed by atoms with Gasteiger partial charge in [0.15, 0.2) is 5.82 Å². The van der Waals surface area contributed by atoms with Crippen LogP contribution in [-0.2, 0) is 35.2 Å². The summed E-state index contributed by atoms with van der Waals surface area (Å²) < 4.78 is 7.98. The van der Waals surface area contributed by atoms with E-state index in [1.54, 1.807) is 4.52 Å². The van der Waals surface area contributed by atoms with E-state index in [1.165, 1.54) is 5.56 Å². The number of esters is 1. The van der Waals surface area contributed by atoms with Gasteiger partial charge in [-0.15, -0.1) is 5.10 Å².